The van der Waals surface area contributed by atoms with Crippen LogP contribution in [0, 0.1) is 0 Å². The van der Waals surface area contributed by atoms with E-state index in [1.54, 1.807) is 0 Å². The van der Waals surface area contributed by atoms with Gasteiger partial charge in [-0.25, -0.2) is 0 Å². The number of piperidine rings is 1. The first-order valence-corrected chi connectivity index (χ1v) is 8.45. The summed E-state index contributed by atoms with van der Waals surface area (Å²) >= 11 is 0. The topological polar surface area (TPSA) is 32.3 Å². The number of nitrogens with zero attached hydrogens (tertiary/aromatic N) is 1. The zero-order chi connectivity index (χ0) is 16.2. The molecule has 22 heavy (non-hydrogen) atoms. The SMILES string of the molecule is C[C@@H](CC(=O)NC1CCN(C(C)(C)C)CC1)c1ccccc1. The average molecular weight is 302 g/mol. The van der Waals surface area contributed by atoms with Gasteiger partial charge in [-0.15, -0.1) is 0 Å². The van der Waals surface area contributed by atoms with Crippen LogP contribution in [0.4, 0.5) is 0 Å². The van der Waals surface area contributed by atoms with E-state index in [-0.39, 0.29) is 17.4 Å². The second-order valence-electron chi connectivity index (χ2n) is 7.52. The summed E-state index contributed by atoms with van der Waals surface area (Å²) in [5.41, 5.74) is 1.47. The van der Waals surface area contributed by atoms with Gasteiger partial charge in [0.05, 0.1) is 0 Å². The molecule has 122 valence electrons. The van der Waals surface area contributed by atoms with Crippen molar-refractivity contribution in [3.63, 3.8) is 0 Å². The van der Waals surface area contributed by atoms with E-state index in [0.717, 1.165) is 25.9 Å². The van der Waals surface area contributed by atoms with Crippen molar-refractivity contribution >= 4 is 5.91 Å². The monoisotopic (exact) mass is 302 g/mol. The Balaban J connectivity index is 1.77. The summed E-state index contributed by atoms with van der Waals surface area (Å²) in [5, 5.41) is 3.23. The Kier molecular flexibility index (Phi) is 5.63. The number of hydrogen-bond acceptors (Lipinski definition) is 2. The highest BCUT2D eigenvalue weighted by atomic mass is 16.1. The van der Waals surface area contributed by atoms with E-state index < -0.39 is 0 Å². The first kappa shape index (κ1) is 17.0. The molecule has 3 heteroatoms. The predicted octanol–water partition coefficient (Wildman–Crippen LogP) is 3.56. The molecule has 0 bridgehead atoms. The van der Waals surface area contributed by atoms with Gasteiger partial charge in [0.1, 0.15) is 0 Å². The van der Waals surface area contributed by atoms with Crippen molar-refractivity contribution in [3.8, 4) is 0 Å². The first-order valence-electron chi connectivity index (χ1n) is 8.45. The highest BCUT2D eigenvalue weighted by Crippen LogP contribution is 2.21. The molecule has 1 heterocycles. The van der Waals surface area contributed by atoms with E-state index in [9.17, 15) is 4.79 Å². The Labute approximate surface area is 135 Å². The summed E-state index contributed by atoms with van der Waals surface area (Å²) in [6, 6.07) is 10.6. The van der Waals surface area contributed by atoms with Crippen molar-refractivity contribution in [2.24, 2.45) is 0 Å². The van der Waals surface area contributed by atoms with Crippen LogP contribution in [-0.4, -0.2) is 35.5 Å². The van der Waals surface area contributed by atoms with Gasteiger partial charge in [-0.2, -0.15) is 0 Å². The second-order valence-corrected chi connectivity index (χ2v) is 7.52. The molecule has 0 aromatic heterocycles. The number of amides is 1. The lowest BCUT2D eigenvalue weighted by Crippen LogP contribution is -2.50. The smallest absolute Gasteiger partial charge is 0.220 e. The average Bonchev–Trinajstić information content (AvgIpc) is 2.47. The fourth-order valence-electron chi connectivity index (χ4n) is 3.16. The molecule has 0 spiro atoms. The summed E-state index contributed by atoms with van der Waals surface area (Å²) < 4.78 is 0. The van der Waals surface area contributed by atoms with Crippen LogP contribution in [0.2, 0.25) is 0 Å². The maximum atomic E-state index is 12.2. The number of nitrogens with one attached hydrogen (secondary N) is 1. The molecule has 0 aliphatic carbocycles. The van der Waals surface area contributed by atoms with Gasteiger partial charge in [-0.3, -0.25) is 9.69 Å². The summed E-state index contributed by atoms with van der Waals surface area (Å²) in [4.78, 5) is 14.8. The molecule has 0 saturated carbocycles. The molecular weight excluding hydrogens is 272 g/mol. The van der Waals surface area contributed by atoms with Crippen LogP contribution in [0.3, 0.4) is 0 Å². The van der Waals surface area contributed by atoms with Crippen molar-refractivity contribution < 1.29 is 4.79 Å². The molecule has 0 unspecified atom stereocenters. The van der Waals surface area contributed by atoms with E-state index >= 15 is 0 Å². The van der Waals surface area contributed by atoms with E-state index in [2.05, 4.69) is 50.0 Å². The molecule has 0 radical (unpaired) electrons. The molecule has 1 amide bonds. The third-order valence-electron chi connectivity index (χ3n) is 4.67. The van der Waals surface area contributed by atoms with E-state index in [1.165, 1.54) is 5.56 Å². The number of hydrogen-bond donors (Lipinski definition) is 1. The van der Waals surface area contributed by atoms with Crippen molar-refractivity contribution in [3.05, 3.63) is 35.9 Å². The highest BCUT2D eigenvalue weighted by molar-refractivity contribution is 5.77. The van der Waals surface area contributed by atoms with Gasteiger partial charge in [0, 0.05) is 31.1 Å². The van der Waals surface area contributed by atoms with Crippen molar-refractivity contribution in [2.45, 2.75) is 64.5 Å². The van der Waals surface area contributed by atoms with Gasteiger partial charge < -0.3 is 5.32 Å². The van der Waals surface area contributed by atoms with Crippen LogP contribution < -0.4 is 5.32 Å². The lowest BCUT2D eigenvalue weighted by atomic mass is 9.96. The number of rotatable bonds is 4. The molecule has 1 saturated heterocycles. The Bertz CT molecular complexity index is 470. The molecule has 1 aromatic carbocycles. The van der Waals surface area contributed by atoms with Crippen LogP contribution in [0.5, 0.6) is 0 Å². The van der Waals surface area contributed by atoms with Gasteiger partial charge in [-0.05, 0) is 45.1 Å². The Hall–Kier alpha value is -1.35. The van der Waals surface area contributed by atoms with Crippen molar-refractivity contribution in [1.29, 1.82) is 0 Å². The molecule has 1 aliphatic rings. The molecule has 1 atom stereocenters. The molecule has 1 aliphatic heterocycles. The van der Waals surface area contributed by atoms with Gasteiger partial charge in [0.2, 0.25) is 5.91 Å². The Morgan fingerprint density at radius 2 is 1.82 bits per heavy atom. The van der Waals surface area contributed by atoms with Crippen molar-refractivity contribution in [1.82, 2.24) is 10.2 Å². The summed E-state index contributed by atoms with van der Waals surface area (Å²) in [7, 11) is 0. The summed E-state index contributed by atoms with van der Waals surface area (Å²) in [5.74, 6) is 0.460. The predicted molar refractivity (Wildman–Crippen MR) is 92.0 cm³/mol. The third-order valence-corrected chi connectivity index (χ3v) is 4.67. The minimum absolute atomic E-state index is 0.186. The van der Waals surface area contributed by atoms with Gasteiger partial charge in [0.25, 0.3) is 0 Å². The van der Waals surface area contributed by atoms with Crippen LogP contribution >= 0.6 is 0 Å². The molecule has 1 aromatic rings. The van der Waals surface area contributed by atoms with Gasteiger partial charge in [0.15, 0.2) is 0 Å². The molecule has 1 N–H and O–H groups in total. The highest BCUT2D eigenvalue weighted by Gasteiger charge is 2.27. The van der Waals surface area contributed by atoms with Crippen LogP contribution in [0.1, 0.15) is 58.4 Å². The van der Waals surface area contributed by atoms with Crippen molar-refractivity contribution in [2.75, 3.05) is 13.1 Å². The number of carbonyl (C=O) groups excluding carboxylic acids is 1. The fraction of sp³-hybridized carbons (Fsp3) is 0.632. The quantitative estimate of drug-likeness (QED) is 0.922. The zero-order valence-corrected chi connectivity index (χ0v) is 14.4. The lowest BCUT2D eigenvalue weighted by Gasteiger charge is -2.41. The Morgan fingerprint density at radius 3 is 2.36 bits per heavy atom. The number of likely N-dealkylation sites (tertiary alicyclic amines) is 1. The number of carbonyl (C=O) groups is 1. The first-order chi connectivity index (χ1) is 10.4. The van der Waals surface area contributed by atoms with Crippen LogP contribution in [0.25, 0.3) is 0 Å². The fourth-order valence-corrected chi connectivity index (χ4v) is 3.16. The van der Waals surface area contributed by atoms with E-state index in [0.29, 0.717) is 12.5 Å². The largest absolute Gasteiger partial charge is 0.353 e. The van der Waals surface area contributed by atoms with E-state index in [1.807, 2.05) is 18.2 Å². The lowest BCUT2D eigenvalue weighted by molar-refractivity contribution is -0.122. The second kappa shape index (κ2) is 7.28. The maximum absolute atomic E-state index is 12.2. The van der Waals surface area contributed by atoms with Gasteiger partial charge >= 0.3 is 0 Å². The number of benzene rings is 1. The van der Waals surface area contributed by atoms with Gasteiger partial charge in [-0.1, -0.05) is 37.3 Å². The summed E-state index contributed by atoms with van der Waals surface area (Å²) in [6.45, 7) is 11.0. The van der Waals surface area contributed by atoms with Crippen LogP contribution in [0.15, 0.2) is 30.3 Å². The third kappa shape index (κ3) is 4.84. The minimum atomic E-state index is 0.186. The minimum Gasteiger partial charge on any atom is -0.353 e. The maximum Gasteiger partial charge on any atom is 0.220 e. The Morgan fingerprint density at radius 1 is 1.23 bits per heavy atom. The molecule has 1 fully saturated rings. The molecule has 3 nitrogen and oxygen atoms in total. The van der Waals surface area contributed by atoms with Crippen LogP contribution in [-0.2, 0) is 4.79 Å². The molecule has 2 rings (SSSR count). The molecular formula is C19H30N2O. The van der Waals surface area contributed by atoms with E-state index in [4.69, 9.17) is 0 Å². The summed E-state index contributed by atoms with van der Waals surface area (Å²) in [6.07, 6.45) is 2.69. The zero-order valence-electron chi connectivity index (χ0n) is 14.4. The standard InChI is InChI=1S/C19H30N2O/c1-15(16-8-6-5-7-9-16)14-18(22)20-17-10-12-21(13-11-17)19(2,3)4/h5-9,15,17H,10-14H2,1-4H3,(H,20,22)/t15-/m0/s1. The normalized spacial score (nSPS) is 18.9.